The number of unbranched alkanes of at least 4 members (excludes halogenated alkanes) is 3. The fraction of sp³-hybridized carbons (Fsp3) is 0.600. The molecular formula is C15H25NO3S. The van der Waals surface area contributed by atoms with Crippen molar-refractivity contribution in [3.05, 3.63) is 23.8 Å². The van der Waals surface area contributed by atoms with E-state index in [1.807, 2.05) is 13.8 Å². The maximum Gasteiger partial charge on any atom is 0.238 e. The average Bonchev–Trinajstić information content (AvgIpc) is 2.37. The molecule has 0 aliphatic heterocycles. The van der Waals surface area contributed by atoms with Crippen LogP contribution in [-0.2, 0) is 10.0 Å². The summed E-state index contributed by atoms with van der Waals surface area (Å²) in [5.74, 6) is 0.936. The average molecular weight is 299 g/mol. The molecule has 1 rings (SSSR count). The summed E-state index contributed by atoms with van der Waals surface area (Å²) in [6.07, 6.45) is 4.58. The lowest BCUT2D eigenvalue weighted by Crippen LogP contribution is -2.13. The minimum absolute atomic E-state index is 0.138. The van der Waals surface area contributed by atoms with Gasteiger partial charge in [0.25, 0.3) is 0 Å². The number of primary sulfonamides is 1. The van der Waals surface area contributed by atoms with Crippen molar-refractivity contribution in [1.82, 2.24) is 0 Å². The van der Waals surface area contributed by atoms with E-state index in [2.05, 4.69) is 6.92 Å². The molecule has 5 heteroatoms. The summed E-state index contributed by atoms with van der Waals surface area (Å²) in [5, 5.41) is 5.16. The van der Waals surface area contributed by atoms with E-state index in [0.29, 0.717) is 6.61 Å². The van der Waals surface area contributed by atoms with Crippen LogP contribution in [0.1, 0.15) is 57.9 Å². The first-order chi connectivity index (χ1) is 9.36. The van der Waals surface area contributed by atoms with Gasteiger partial charge in [0.05, 0.1) is 11.5 Å². The molecule has 2 N–H and O–H groups in total. The first kappa shape index (κ1) is 17.0. The molecule has 4 nitrogen and oxygen atoms in total. The van der Waals surface area contributed by atoms with Crippen LogP contribution in [-0.4, -0.2) is 15.0 Å². The maximum atomic E-state index is 11.4. The van der Waals surface area contributed by atoms with Crippen molar-refractivity contribution in [2.24, 2.45) is 5.14 Å². The van der Waals surface area contributed by atoms with E-state index in [1.165, 1.54) is 18.9 Å². The summed E-state index contributed by atoms with van der Waals surface area (Å²) in [5.41, 5.74) is 0.881. The Hall–Kier alpha value is -1.07. The van der Waals surface area contributed by atoms with Crippen molar-refractivity contribution in [3.8, 4) is 5.75 Å². The van der Waals surface area contributed by atoms with Gasteiger partial charge in [0.1, 0.15) is 5.75 Å². The van der Waals surface area contributed by atoms with Gasteiger partial charge in [-0.05, 0) is 36.1 Å². The summed E-state index contributed by atoms with van der Waals surface area (Å²) >= 11 is 0. The Morgan fingerprint density at radius 3 is 2.45 bits per heavy atom. The van der Waals surface area contributed by atoms with E-state index in [0.717, 1.165) is 24.2 Å². The van der Waals surface area contributed by atoms with Gasteiger partial charge < -0.3 is 4.74 Å². The zero-order valence-corrected chi connectivity index (χ0v) is 13.4. The second kappa shape index (κ2) is 7.64. The Labute approximate surface area is 122 Å². The van der Waals surface area contributed by atoms with Gasteiger partial charge in [-0.2, -0.15) is 0 Å². The Bertz CT molecular complexity index is 524. The molecule has 0 bridgehead atoms. The second-order valence-corrected chi connectivity index (χ2v) is 6.87. The standard InChI is InChI=1S/C15H25NO3S/c1-4-5-6-7-10-19-15-9-8-13(20(16,17)18)11-14(15)12(2)3/h8-9,11-12H,4-7,10H2,1-3H3,(H2,16,17,18). The van der Waals surface area contributed by atoms with E-state index in [1.54, 1.807) is 12.1 Å². The molecule has 1 aromatic carbocycles. The third-order valence-electron chi connectivity index (χ3n) is 3.19. The monoisotopic (exact) mass is 299 g/mol. The molecule has 0 aliphatic carbocycles. The van der Waals surface area contributed by atoms with Crippen molar-refractivity contribution in [3.63, 3.8) is 0 Å². The maximum absolute atomic E-state index is 11.4. The van der Waals surface area contributed by atoms with E-state index >= 15 is 0 Å². The Kier molecular flexibility index (Phi) is 6.49. The zero-order valence-electron chi connectivity index (χ0n) is 12.6. The Morgan fingerprint density at radius 2 is 1.90 bits per heavy atom. The molecule has 0 spiro atoms. The fourth-order valence-corrected chi connectivity index (χ4v) is 2.55. The van der Waals surface area contributed by atoms with Crippen LogP contribution in [0, 0.1) is 0 Å². The van der Waals surface area contributed by atoms with E-state index in [4.69, 9.17) is 9.88 Å². The molecule has 0 saturated heterocycles. The molecule has 20 heavy (non-hydrogen) atoms. The van der Waals surface area contributed by atoms with Crippen LogP contribution in [0.5, 0.6) is 5.75 Å². The summed E-state index contributed by atoms with van der Waals surface area (Å²) in [7, 11) is -3.66. The highest BCUT2D eigenvalue weighted by Gasteiger charge is 2.14. The second-order valence-electron chi connectivity index (χ2n) is 5.31. The van der Waals surface area contributed by atoms with Crippen LogP contribution in [0.2, 0.25) is 0 Å². The lowest BCUT2D eigenvalue weighted by molar-refractivity contribution is 0.301. The predicted octanol–water partition coefficient (Wildman–Crippen LogP) is 3.42. The van der Waals surface area contributed by atoms with E-state index in [9.17, 15) is 8.42 Å². The smallest absolute Gasteiger partial charge is 0.238 e. The lowest BCUT2D eigenvalue weighted by Gasteiger charge is -2.15. The first-order valence-corrected chi connectivity index (χ1v) is 8.70. The lowest BCUT2D eigenvalue weighted by atomic mass is 10.0. The Morgan fingerprint density at radius 1 is 1.20 bits per heavy atom. The molecule has 0 amide bonds. The van der Waals surface area contributed by atoms with Crippen molar-refractivity contribution in [2.45, 2.75) is 57.3 Å². The highest BCUT2D eigenvalue weighted by Crippen LogP contribution is 2.29. The normalized spacial score (nSPS) is 11.8. The highest BCUT2D eigenvalue weighted by atomic mass is 32.2. The van der Waals surface area contributed by atoms with Gasteiger partial charge in [-0.1, -0.05) is 40.0 Å². The zero-order chi connectivity index (χ0) is 15.2. The van der Waals surface area contributed by atoms with Gasteiger partial charge in [0, 0.05) is 0 Å². The van der Waals surface area contributed by atoms with Crippen molar-refractivity contribution in [1.29, 1.82) is 0 Å². The van der Waals surface area contributed by atoms with Gasteiger partial charge in [0.15, 0.2) is 0 Å². The SMILES string of the molecule is CCCCCCOc1ccc(S(N)(=O)=O)cc1C(C)C. The number of hydrogen-bond donors (Lipinski definition) is 1. The molecule has 0 aliphatic rings. The molecule has 0 saturated carbocycles. The van der Waals surface area contributed by atoms with Gasteiger partial charge in [-0.15, -0.1) is 0 Å². The fourth-order valence-electron chi connectivity index (χ4n) is 2.00. The molecule has 0 aromatic heterocycles. The number of ether oxygens (including phenoxy) is 1. The molecule has 1 aromatic rings. The third kappa shape index (κ3) is 5.13. The quantitative estimate of drug-likeness (QED) is 0.748. The van der Waals surface area contributed by atoms with Crippen LogP contribution in [0.4, 0.5) is 0 Å². The van der Waals surface area contributed by atoms with Crippen molar-refractivity contribution >= 4 is 10.0 Å². The number of sulfonamides is 1. The molecule has 0 radical (unpaired) electrons. The van der Waals surface area contributed by atoms with Crippen LogP contribution >= 0.6 is 0 Å². The molecule has 0 atom stereocenters. The number of benzene rings is 1. The van der Waals surface area contributed by atoms with Crippen LogP contribution < -0.4 is 9.88 Å². The predicted molar refractivity (Wildman–Crippen MR) is 81.5 cm³/mol. The highest BCUT2D eigenvalue weighted by molar-refractivity contribution is 7.89. The van der Waals surface area contributed by atoms with E-state index < -0.39 is 10.0 Å². The topological polar surface area (TPSA) is 69.4 Å². The summed E-state index contributed by atoms with van der Waals surface area (Å²) in [4.78, 5) is 0.138. The molecular weight excluding hydrogens is 274 g/mol. The largest absolute Gasteiger partial charge is 0.493 e. The van der Waals surface area contributed by atoms with Gasteiger partial charge in [0.2, 0.25) is 10.0 Å². The van der Waals surface area contributed by atoms with Crippen LogP contribution in [0.15, 0.2) is 23.1 Å². The third-order valence-corrected chi connectivity index (χ3v) is 4.10. The summed E-state index contributed by atoms with van der Waals surface area (Å²) in [6, 6.07) is 4.82. The minimum atomic E-state index is -3.66. The minimum Gasteiger partial charge on any atom is -0.493 e. The molecule has 0 unspecified atom stereocenters. The van der Waals surface area contributed by atoms with Crippen LogP contribution in [0.25, 0.3) is 0 Å². The summed E-state index contributed by atoms with van der Waals surface area (Å²) < 4.78 is 28.6. The van der Waals surface area contributed by atoms with Crippen molar-refractivity contribution in [2.75, 3.05) is 6.61 Å². The van der Waals surface area contributed by atoms with E-state index in [-0.39, 0.29) is 10.8 Å². The van der Waals surface area contributed by atoms with Gasteiger partial charge in [-0.3, -0.25) is 0 Å². The first-order valence-electron chi connectivity index (χ1n) is 7.15. The van der Waals surface area contributed by atoms with Gasteiger partial charge in [-0.25, -0.2) is 13.6 Å². The van der Waals surface area contributed by atoms with Crippen LogP contribution in [0.3, 0.4) is 0 Å². The summed E-state index contributed by atoms with van der Waals surface area (Å²) in [6.45, 7) is 6.84. The van der Waals surface area contributed by atoms with Crippen molar-refractivity contribution < 1.29 is 13.2 Å². The number of rotatable bonds is 8. The molecule has 0 fully saturated rings. The number of nitrogens with two attached hydrogens (primary N) is 1. The molecule has 0 heterocycles. The number of hydrogen-bond acceptors (Lipinski definition) is 3. The Balaban J connectivity index is 2.81. The van der Waals surface area contributed by atoms with Gasteiger partial charge >= 0.3 is 0 Å². The molecule has 114 valence electrons.